The van der Waals surface area contributed by atoms with Crippen molar-refractivity contribution in [2.24, 2.45) is 0 Å². The van der Waals surface area contributed by atoms with Crippen LogP contribution in [0, 0.1) is 12.3 Å². The van der Waals surface area contributed by atoms with E-state index in [1.807, 2.05) is 0 Å². The number of rotatable bonds is 3. The summed E-state index contributed by atoms with van der Waals surface area (Å²) in [5.74, 6) is 2.25. The van der Waals surface area contributed by atoms with Crippen LogP contribution >= 0.6 is 0 Å². The number of carbonyl (C=O) groups excluding carboxylic acids is 1. The van der Waals surface area contributed by atoms with Crippen LogP contribution in [0.3, 0.4) is 0 Å². The number of urea groups is 1. The number of hydroxylamine groups is 1. The Labute approximate surface area is 59.9 Å². The summed E-state index contributed by atoms with van der Waals surface area (Å²) in [4.78, 5) is 15.1. The van der Waals surface area contributed by atoms with Crippen molar-refractivity contribution < 1.29 is 9.63 Å². The van der Waals surface area contributed by atoms with E-state index >= 15 is 0 Å². The molecule has 0 aliphatic rings. The summed E-state index contributed by atoms with van der Waals surface area (Å²) in [5.41, 5.74) is 2.12. The maximum absolute atomic E-state index is 10.5. The Morgan fingerprint density at radius 1 is 1.80 bits per heavy atom. The number of hydrogen-bond donors (Lipinski definition) is 2. The van der Waals surface area contributed by atoms with Crippen LogP contribution in [0.5, 0.6) is 0 Å². The van der Waals surface area contributed by atoms with Gasteiger partial charge in [-0.15, -0.1) is 6.42 Å². The molecule has 0 atom stereocenters. The number of nitrogens with one attached hydrogen (secondary N) is 2. The second-order valence-electron chi connectivity index (χ2n) is 1.42. The van der Waals surface area contributed by atoms with E-state index in [0.717, 1.165) is 0 Å². The molecule has 0 radical (unpaired) electrons. The fourth-order valence-corrected chi connectivity index (χ4v) is 0.305. The molecule has 0 spiro atoms. The zero-order chi connectivity index (χ0) is 7.82. The van der Waals surface area contributed by atoms with Gasteiger partial charge in [-0.2, -0.15) is 0 Å². The average Bonchev–Trinajstić information content (AvgIpc) is 1.97. The summed E-state index contributed by atoms with van der Waals surface area (Å²) in [6, 6.07) is -0.417. The minimum absolute atomic E-state index is 0.207. The van der Waals surface area contributed by atoms with Crippen molar-refractivity contribution in [3.63, 3.8) is 0 Å². The van der Waals surface area contributed by atoms with Gasteiger partial charge in [0.15, 0.2) is 0 Å². The van der Waals surface area contributed by atoms with Gasteiger partial charge in [-0.25, -0.2) is 10.3 Å². The minimum atomic E-state index is -0.417. The second kappa shape index (κ2) is 5.92. The van der Waals surface area contributed by atoms with E-state index in [2.05, 4.69) is 21.6 Å². The van der Waals surface area contributed by atoms with E-state index in [-0.39, 0.29) is 6.54 Å². The van der Waals surface area contributed by atoms with Crippen LogP contribution in [0.4, 0.5) is 4.79 Å². The van der Waals surface area contributed by atoms with E-state index < -0.39 is 6.03 Å². The zero-order valence-corrected chi connectivity index (χ0v) is 5.81. The molecule has 0 aliphatic carbocycles. The minimum Gasteiger partial charge on any atom is -0.325 e. The summed E-state index contributed by atoms with van der Waals surface area (Å²) < 4.78 is 0. The molecular formula is C6H10N2O2. The second-order valence-corrected chi connectivity index (χ2v) is 1.42. The van der Waals surface area contributed by atoms with Crippen LogP contribution in [0.2, 0.25) is 0 Å². The summed E-state index contributed by atoms with van der Waals surface area (Å²) in [6.07, 6.45) is 4.87. The number of carbonyl (C=O) groups is 1. The molecule has 0 rings (SSSR count). The van der Waals surface area contributed by atoms with E-state index in [0.29, 0.717) is 6.61 Å². The Morgan fingerprint density at radius 2 is 2.50 bits per heavy atom. The third-order valence-corrected chi connectivity index (χ3v) is 0.660. The first-order valence-corrected chi connectivity index (χ1v) is 2.90. The van der Waals surface area contributed by atoms with Crippen molar-refractivity contribution in [2.75, 3.05) is 13.2 Å². The molecule has 10 heavy (non-hydrogen) atoms. The first kappa shape index (κ1) is 8.79. The first-order chi connectivity index (χ1) is 4.81. The molecule has 0 fully saturated rings. The molecule has 0 aliphatic heterocycles. The third kappa shape index (κ3) is 4.94. The Bertz CT molecular complexity index is 139. The van der Waals surface area contributed by atoms with E-state index in [9.17, 15) is 4.79 Å². The molecule has 0 saturated carbocycles. The standard InChI is InChI=1S/C6H10N2O2/c1-3-5-7-6(9)8-10-4-2/h1H,4-5H2,2H3,(H2,7,8,9). The topological polar surface area (TPSA) is 50.4 Å². The first-order valence-electron chi connectivity index (χ1n) is 2.90. The highest BCUT2D eigenvalue weighted by Crippen LogP contribution is 1.65. The van der Waals surface area contributed by atoms with Gasteiger partial charge in [0, 0.05) is 0 Å². The van der Waals surface area contributed by atoms with Gasteiger partial charge in [-0.3, -0.25) is 4.84 Å². The predicted molar refractivity (Wildman–Crippen MR) is 37.0 cm³/mol. The SMILES string of the molecule is C#CCNC(=O)NOCC. The Morgan fingerprint density at radius 3 is 3.00 bits per heavy atom. The molecule has 56 valence electrons. The lowest BCUT2D eigenvalue weighted by Gasteiger charge is -2.02. The lowest BCUT2D eigenvalue weighted by Crippen LogP contribution is -2.35. The van der Waals surface area contributed by atoms with Crippen molar-refractivity contribution in [1.29, 1.82) is 0 Å². The molecule has 0 unspecified atom stereocenters. The number of hydrogen-bond acceptors (Lipinski definition) is 2. The highest BCUT2D eigenvalue weighted by atomic mass is 16.7. The van der Waals surface area contributed by atoms with Gasteiger partial charge in [0.05, 0.1) is 13.2 Å². The highest BCUT2D eigenvalue weighted by molar-refractivity contribution is 5.72. The molecule has 2 N–H and O–H groups in total. The van der Waals surface area contributed by atoms with E-state index in [1.165, 1.54) is 0 Å². The van der Waals surface area contributed by atoms with Gasteiger partial charge in [0.1, 0.15) is 0 Å². The summed E-state index contributed by atoms with van der Waals surface area (Å²) in [6.45, 7) is 2.41. The maximum atomic E-state index is 10.5. The van der Waals surface area contributed by atoms with Gasteiger partial charge in [0.2, 0.25) is 0 Å². The van der Waals surface area contributed by atoms with Crippen LogP contribution in [-0.2, 0) is 4.84 Å². The van der Waals surface area contributed by atoms with E-state index in [1.54, 1.807) is 6.92 Å². The lowest BCUT2D eigenvalue weighted by molar-refractivity contribution is 0.0711. The van der Waals surface area contributed by atoms with Crippen molar-refractivity contribution >= 4 is 6.03 Å². The van der Waals surface area contributed by atoms with Gasteiger partial charge < -0.3 is 5.32 Å². The quantitative estimate of drug-likeness (QED) is 0.426. The predicted octanol–water partition coefficient (Wildman–Crippen LogP) is -0.130. The fraction of sp³-hybridized carbons (Fsp3) is 0.500. The van der Waals surface area contributed by atoms with Crippen molar-refractivity contribution in [3.05, 3.63) is 0 Å². The average molecular weight is 142 g/mol. The van der Waals surface area contributed by atoms with Crippen molar-refractivity contribution in [3.8, 4) is 12.3 Å². The smallest absolute Gasteiger partial charge is 0.325 e. The normalized spacial score (nSPS) is 8.00. The largest absolute Gasteiger partial charge is 0.339 e. The summed E-state index contributed by atoms with van der Waals surface area (Å²) >= 11 is 0. The van der Waals surface area contributed by atoms with E-state index in [4.69, 9.17) is 6.42 Å². The summed E-state index contributed by atoms with van der Waals surface area (Å²) in [7, 11) is 0. The maximum Gasteiger partial charge on any atom is 0.339 e. The van der Waals surface area contributed by atoms with Crippen LogP contribution in [-0.4, -0.2) is 19.2 Å². The molecule has 0 aromatic carbocycles. The van der Waals surface area contributed by atoms with Gasteiger partial charge in [-0.05, 0) is 6.92 Å². The number of amides is 2. The molecule has 2 amide bonds. The highest BCUT2D eigenvalue weighted by Gasteiger charge is 1.93. The molecular weight excluding hydrogens is 132 g/mol. The van der Waals surface area contributed by atoms with Crippen molar-refractivity contribution in [2.45, 2.75) is 6.92 Å². The molecule has 0 aromatic rings. The van der Waals surface area contributed by atoms with Crippen LogP contribution in [0.1, 0.15) is 6.92 Å². The number of terminal acetylenes is 1. The monoisotopic (exact) mass is 142 g/mol. The van der Waals surface area contributed by atoms with Gasteiger partial charge >= 0.3 is 6.03 Å². The molecule has 4 heteroatoms. The molecule has 0 heterocycles. The molecule has 0 bridgehead atoms. The molecule has 0 aromatic heterocycles. The van der Waals surface area contributed by atoms with Crippen LogP contribution < -0.4 is 10.8 Å². The summed E-state index contributed by atoms with van der Waals surface area (Å²) in [5, 5.41) is 2.36. The zero-order valence-electron chi connectivity index (χ0n) is 5.81. The fourth-order valence-electron chi connectivity index (χ4n) is 0.305. The molecule has 0 saturated heterocycles. The Kier molecular flexibility index (Phi) is 5.20. The lowest BCUT2D eigenvalue weighted by atomic mass is 10.7. The van der Waals surface area contributed by atoms with Crippen molar-refractivity contribution in [1.82, 2.24) is 10.8 Å². The van der Waals surface area contributed by atoms with Gasteiger partial charge in [0.25, 0.3) is 0 Å². The third-order valence-electron chi connectivity index (χ3n) is 0.660. The Balaban J connectivity index is 3.19. The Hall–Kier alpha value is -1.21. The van der Waals surface area contributed by atoms with Gasteiger partial charge in [-0.1, -0.05) is 5.92 Å². The van der Waals surface area contributed by atoms with Crippen LogP contribution in [0.25, 0.3) is 0 Å². The van der Waals surface area contributed by atoms with Crippen LogP contribution in [0.15, 0.2) is 0 Å². The molecule has 4 nitrogen and oxygen atoms in total.